The summed E-state index contributed by atoms with van der Waals surface area (Å²) in [6.45, 7) is 0. The Labute approximate surface area is 89.4 Å². The van der Waals surface area contributed by atoms with Gasteiger partial charge in [-0.25, -0.2) is 0 Å². The first-order chi connectivity index (χ1) is 7.38. The minimum atomic E-state index is 0.0931. The number of hydrogen-bond donors (Lipinski definition) is 0. The van der Waals surface area contributed by atoms with Crippen molar-refractivity contribution in [3.8, 4) is 0 Å². The van der Waals surface area contributed by atoms with Gasteiger partial charge in [0, 0.05) is 11.8 Å². The molecule has 15 heavy (non-hydrogen) atoms. The van der Waals surface area contributed by atoms with E-state index < -0.39 is 0 Å². The second-order valence-electron chi connectivity index (χ2n) is 3.54. The Balaban J connectivity index is 2.17. The van der Waals surface area contributed by atoms with Crippen molar-refractivity contribution in [1.29, 1.82) is 0 Å². The van der Waals surface area contributed by atoms with Crippen molar-refractivity contribution >= 4 is 11.5 Å². The average molecular weight is 199 g/mol. The second-order valence-corrected chi connectivity index (χ2v) is 3.54. The molecular formula is C13H13NO. The monoisotopic (exact) mass is 199 g/mol. The standard InChI is InChI=1S/C13H13NO/c15-13(12-9-5-6-10-14-12)11-7-3-1-2-4-8-11/h1-4,6-7,10H,5,8-9H2. The lowest BCUT2D eigenvalue weighted by atomic mass is 10.00. The molecule has 0 bridgehead atoms. The highest BCUT2D eigenvalue weighted by atomic mass is 16.1. The Hall–Kier alpha value is -1.70. The number of hydrogen-bond acceptors (Lipinski definition) is 2. The van der Waals surface area contributed by atoms with E-state index in [9.17, 15) is 4.79 Å². The van der Waals surface area contributed by atoms with Gasteiger partial charge in [0.15, 0.2) is 0 Å². The van der Waals surface area contributed by atoms with Crippen LogP contribution < -0.4 is 0 Å². The van der Waals surface area contributed by atoms with E-state index in [1.165, 1.54) is 0 Å². The van der Waals surface area contributed by atoms with Gasteiger partial charge in [-0.15, -0.1) is 0 Å². The lowest BCUT2D eigenvalue weighted by molar-refractivity contribution is -0.110. The zero-order valence-corrected chi connectivity index (χ0v) is 8.52. The minimum absolute atomic E-state index is 0.0931. The van der Waals surface area contributed by atoms with Crippen molar-refractivity contribution in [3.05, 3.63) is 48.2 Å². The molecule has 1 aliphatic heterocycles. The third-order valence-electron chi connectivity index (χ3n) is 2.43. The fourth-order valence-electron chi connectivity index (χ4n) is 1.61. The van der Waals surface area contributed by atoms with E-state index in [0.717, 1.165) is 18.4 Å². The van der Waals surface area contributed by atoms with E-state index in [1.54, 1.807) is 6.20 Å². The molecule has 0 aromatic heterocycles. The molecule has 0 radical (unpaired) electrons. The number of aliphatic imine (C=N–C) groups is 1. The molecule has 0 N–H and O–H groups in total. The molecule has 1 heterocycles. The van der Waals surface area contributed by atoms with Crippen molar-refractivity contribution in [2.75, 3.05) is 0 Å². The quantitative estimate of drug-likeness (QED) is 0.672. The van der Waals surface area contributed by atoms with Crippen LogP contribution in [0, 0.1) is 0 Å². The maximum atomic E-state index is 12.0. The normalized spacial score (nSPS) is 19.5. The van der Waals surface area contributed by atoms with Crippen LogP contribution in [0.3, 0.4) is 0 Å². The van der Waals surface area contributed by atoms with Gasteiger partial charge in [-0.3, -0.25) is 9.79 Å². The predicted octanol–water partition coefficient (Wildman–Crippen LogP) is 2.75. The first kappa shape index (κ1) is 9.84. The Bertz CT molecular complexity index is 408. The fraction of sp³-hybridized carbons (Fsp3) is 0.231. The number of Topliss-reactive ketones (excluding diaryl/α,β-unsaturated/α-hetero) is 1. The molecule has 0 atom stereocenters. The average Bonchev–Trinajstić information content (AvgIpc) is 2.58. The number of carbonyl (C=O) groups is 1. The highest BCUT2D eigenvalue weighted by molar-refractivity contribution is 6.46. The molecule has 0 amide bonds. The highest BCUT2D eigenvalue weighted by Crippen LogP contribution is 2.13. The molecule has 0 aromatic carbocycles. The first-order valence-corrected chi connectivity index (χ1v) is 5.16. The lowest BCUT2D eigenvalue weighted by Crippen LogP contribution is -2.17. The molecule has 2 nitrogen and oxygen atoms in total. The van der Waals surface area contributed by atoms with Crippen LogP contribution in [-0.4, -0.2) is 11.5 Å². The molecule has 0 saturated heterocycles. The van der Waals surface area contributed by atoms with Crippen LogP contribution in [0.25, 0.3) is 0 Å². The largest absolute Gasteiger partial charge is 0.288 e. The van der Waals surface area contributed by atoms with Crippen LogP contribution in [-0.2, 0) is 4.79 Å². The number of ketones is 1. The molecule has 0 unspecified atom stereocenters. The summed E-state index contributed by atoms with van der Waals surface area (Å²) in [6, 6.07) is 0. The van der Waals surface area contributed by atoms with Crippen LogP contribution in [0.1, 0.15) is 19.3 Å². The van der Waals surface area contributed by atoms with Crippen LogP contribution in [0.4, 0.5) is 0 Å². The minimum Gasteiger partial charge on any atom is -0.288 e. The maximum absolute atomic E-state index is 12.0. The third kappa shape index (κ3) is 2.40. The Morgan fingerprint density at radius 1 is 1.20 bits per heavy atom. The van der Waals surface area contributed by atoms with Gasteiger partial charge in [-0.05, 0) is 19.3 Å². The zero-order chi connectivity index (χ0) is 10.5. The summed E-state index contributed by atoms with van der Waals surface area (Å²) >= 11 is 0. The fourth-order valence-corrected chi connectivity index (χ4v) is 1.61. The molecule has 2 heteroatoms. The predicted molar refractivity (Wildman–Crippen MR) is 61.8 cm³/mol. The summed E-state index contributed by atoms with van der Waals surface area (Å²) < 4.78 is 0. The van der Waals surface area contributed by atoms with Crippen molar-refractivity contribution in [2.24, 2.45) is 4.99 Å². The number of nitrogens with zero attached hydrogens (tertiary/aromatic N) is 1. The van der Waals surface area contributed by atoms with Gasteiger partial charge in [0.05, 0.1) is 5.71 Å². The van der Waals surface area contributed by atoms with Crippen LogP contribution in [0.5, 0.6) is 0 Å². The highest BCUT2D eigenvalue weighted by Gasteiger charge is 2.15. The van der Waals surface area contributed by atoms with Crippen molar-refractivity contribution in [3.63, 3.8) is 0 Å². The molecule has 76 valence electrons. The van der Waals surface area contributed by atoms with Crippen LogP contribution in [0.2, 0.25) is 0 Å². The number of allylic oxidation sites excluding steroid dienone is 7. The first-order valence-electron chi connectivity index (χ1n) is 5.16. The molecule has 0 aromatic rings. The van der Waals surface area contributed by atoms with E-state index in [4.69, 9.17) is 0 Å². The van der Waals surface area contributed by atoms with E-state index >= 15 is 0 Å². The van der Waals surface area contributed by atoms with E-state index in [-0.39, 0.29) is 5.78 Å². The van der Waals surface area contributed by atoms with E-state index in [2.05, 4.69) is 4.99 Å². The summed E-state index contributed by atoms with van der Waals surface area (Å²) in [5, 5.41) is 0. The lowest BCUT2D eigenvalue weighted by Gasteiger charge is -2.07. The number of carbonyl (C=O) groups excluding carboxylic acids is 1. The van der Waals surface area contributed by atoms with Gasteiger partial charge in [-0.2, -0.15) is 0 Å². The Morgan fingerprint density at radius 3 is 2.93 bits per heavy atom. The van der Waals surface area contributed by atoms with Crippen molar-refractivity contribution < 1.29 is 4.79 Å². The summed E-state index contributed by atoms with van der Waals surface area (Å²) in [7, 11) is 0. The van der Waals surface area contributed by atoms with E-state index in [0.29, 0.717) is 12.1 Å². The molecule has 2 rings (SSSR count). The Kier molecular flexibility index (Phi) is 3.08. The van der Waals surface area contributed by atoms with Gasteiger partial charge >= 0.3 is 0 Å². The molecule has 1 aliphatic carbocycles. The molecule has 0 saturated carbocycles. The number of rotatable bonds is 2. The molecular weight excluding hydrogens is 186 g/mol. The second kappa shape index (κ2) is 4.69. The van der Waals surface area contributed by atoms with Gasteiger partial charge in [-0.1, -0.05) is 36.5 Å². The smallest absolute Gasteiger partial charge is 0.203 e. The van der Waals surface area contributed by atoms with Gasteiger partial charge in [0.1, 0.15) is 0 Å². The summed E-state index contributed by atoms with van der Waals surface area (Å²) in [6.07, 6.45) is 15.8. The van der Waals surface area contributed by atoms with Gasteiger partial charge < -0.3 is 0 Å². The zero-order valence-electron chi connectivity index (χ0n) is 8.52. The van der Waals surface area contributed by atoms with Crippen LogP contribution in [0.15, 0.2) is 53.2 Å². The molecule has 0 spiro atoms. The SMILES string of the molecule is O=C(C1=CC=CC=CC1)C1=NC=CCC1. The summed E-state index contributed by atoms with van der Waals surface area (Å²) in [5.74, 6) is 0.0931. The third-order valence-corrected chi connectivity index (χ3v) is 2.43. The van der Waals surface area contributed by atoms with Crippen LogP contribution >= 0.6 is 0 Å². The Morgan fingerprint density at radius 2 is 2.13 bits per heavy atom. The van der Waals surface area contributed by atoms with Gasteiger partial charge in [0.2, 0.25) is 5.78 Å². The molecule has 2 aliphatic rings. The summed E-state index contributed by atoms with van der Waals surface area (Å²) in [4.78, 5) is 16.1. The topological polar surface area (TPSA) is 29.4 Å². The summed E-state index contributed by atoms with van der Waals surface area (Å²) in [5.41, 5.74) is 1.52. The van der Waals surface area contributed by atoms with E-state index in [1.807, 2.05) is 36.5 Å². The van der Waals surface area contributed by atoms with Gasteiger partial charge in [0.25, 0.3) is 0 Å². The van der Waals surface area contributed by atoms with Crippen molar-refractivity contribution in [2.45, 2.75) is 19.3 Å². The maximum Gasteiger partial charge on any atom is 0.203 e. The van der Waals surface area contributed by atoms with Crippen molar-refractivity contribution in [1.82, 2.24) is 0 Å². The molecule has 0 fully saturated rings.